The molecule has 0 saturated heterocycles. The molecule has 4 nitrogen and oxygen atoms in total. The van der Waals surface area contributed by atoms with E-state index in [0.29, 0.717) is 17.4 Å². The number of phenolic OH excluding ortho intramolecular Hbond substituents is 1. The second kappa shape index (κ2) is 12.4. The van der Waals surface area contributed by atoms with Gasteiger partial charge in [-0.25, -0.2) is 0 Å². The van der Waals surface area contributed by atoms with Crippen LogP contribution in [0.2, 0.25) is 0 Å². The minimum Gasteiger partial charge on any atom is -0.506 e. The molecule has 0 aromatic heterocycles. The summed E-state index contributed by atoms with van der Waals surface area (Å²) in [5.74, 6) is 6.71. The lowest BCUT2D eigenvalue weighted by Gasteiger charge is -2.15. The first-order valence-corrected chi connectivity index (χ1v) is 10.7. The first kappa shape index (κ1) is 24.8. The molecule has 0 bridgehead atoms. The lowest BCUT2D eigenvalue weighted by atomic mass is 10.0. The Labute approximate surface area is 192 Å². The van der Waals surface area contributed by atoms with E-state index >= 15 is 0 Å². The zero-order valence-corrected chi connectivity index (χ0v) is 19.4. The highest BCUT2D eigenvalue weighted by Gasteiger charge is 2.09. The van der Waals surface area contributed by atoms with Crippen LogP contribution in [0.15, 0.2) is 91.0 Å². The number of hydrogen-bond donors (Lipinski definition) is 3. The van der Waals surface area contributed by atoms with Gasteiger partial charge in [0.25, 0.3) is 0 Å². The van der Waals surface area contributed by atoms with Crippen LogP contribution < -0.4 is 16.1 Å². The van der Waals surface area contributed by atoms with Gasteiger partial charge >= 0.3 is 0 Å². The van der Waals surface area contributed by atoms with E-state index in [0.717, 1.165) is 40.1 Å². The normalized spacial score (nSPS) is 10.9. The number of allylic oxidation sites excluding steroid dienone is 3. The SMILES string of the molecule is C=C(C)/C=C(/C)c1cccc(O)c1NCC(C)C.NOc1ccccc1-c1ccccc1. The molecule has 0 radical (unpaired) electrons. The van der Waals surface area contributed by atoms with Crippen molar-refractivity contribution in [2.45, 2.75) is 27.7 Å². The highest BCUT2D eigenvalue weighted by molar-refractivity contribution is 5.80. The van der Waals surface area contributed by atoms with Crippen LogP contribution in [0.4, 0.5) is 5.69 Å². The molecule has 0 aliphatic heterocycles. The Hall–Kier alpha value is -3.50. The fraction of sp³-hybridized carbons (Fsp3) is 0.214. The number of rotatable bonds is 7. The van der Waals surface area contributed by atoms with Crippen molar-refractivity contribution in [1.29, 1.82) is 0 Å². The van der Waals surface area contributed by atoms with Crippen LogP contribution in [-0.4, -0.2) is 11.7 Å². The van der Waals surface area contributed by atoms with Crippen LogP contribution in [0.3, 0.4) is 0 Å². The number of aromatic hydroxyl groups is 1. The fourth-order valence-electron chi connectivity index (χ4n) is 3.23. The Balaban J connectivity index is 0.000000233. The molecule has 0 aliphatic carbocycles. The number of anilines is 1. The van der Waals surface area contributed by atoms with Gasteiger partial charge in [0.15, 0.2) is 5.75 Å². The van der Waals surface area contributed by atoms with Gasteiger partial charge in [-0.2, -0.15) is 5.90 Å². The Morgan fingerprint density at radius 3 is 2.28 bits per heavy atom. The van der Waals surface area contributed by atoms with Crippen LogP contribution in [0, 0.1) is 5.92 Å². The number of para-hydroxylation sites is 2. The molecule has 0 atom stereocenters. The monoisotopic (exact) mass is 430 g/mol. The smallest absolute Gasteiger partial charge is 0.154 e. The number of phenols is 1. The summed E-state index contributed by atoms with van der Waals surface area (Å²) >= 11 is 0. The molecule has 4 N–H and O–H groups in total. The molecule has 4 heteroatoms. The standard InChI is InChI=1S/C16H23NO.C12H11NO/c1-11(2)9-13(5)14-7-6-8-15(18)16(14)17-10-12(3)4;13-14-12-9-5-4-8-11(12)10-6-2-1-3-7-10/h6-9,12,17-18H,1,10H2,2-5H3;1-9H,13H2/b13-9-;. The lowest BCUT2D eigenvalue weighted by molar-refractivity contribution is 0.336. The van der Waals surface area contributed by atoms with E-state index in [1.807, 2.05) is 86.7 Å². The predicted molar refractivity (Wildman–Crippen MR) is 137 cm³/mol. The van der Waals surface area contributed by atoms with Gasteiger partial charge in [0.05, 0.1) is 5.69 Å². The van der Waals surface area contributed by atoms with Crippen molar-refractivity contribution in [3.63, 3.8) is 0 Å². The number of benzene rings is 3. The summed E-state index contributed by atoms with van der Waals surface area (Å²) in [4.78, 5) is 4.80. The highest BCUT2D eigenvalue weighted by atomic mass is 16.6. The molecule has 0 fully saturated rings. The second-order valence-corrected chi connectivity index (χ2v) is 8.13. The zero-order chi connectivity index (χ0) is 23.5. The maximum atomic E-state index is 9.98. The average Bonchev–Trinajstić information content (AvgIpc) is 2.78. The van der Waals surface area contributed by atoms with E-state index in [1.54, 1.807) is 6.07 Å². The van der Waals surface area contributed by atoms with E-state index in [-0.39, 0.29) is 0 Å². The molecular formula is C28H34N2O2. The predicted octanol–water partition coefficient (Wildman–Crippen LogP) is 7.05. The third-order valence-corrected chi connectivity index (χ3v) is 4.72. The van der Waals surface area contributed by atoms with Crippen molar-refractivity contribution < 1.29 is 9.94 Å². The molecule has 0 unspecified atom stereocenters. The summed E-state index contributed by atoms with van der Waals surface area (Å²) in [6, 6.07) is 23.3. The van der Waals surface area contributed by atoms with Gasteiger partial charge in [-0.05, 0) is 43.0 Å². The molecule has 0 heterocycles. The van der Waals surface area contributed by atoms with Crippen LogP contribution in [0.25, 0.3) is 16.7 Å². The number of nitrogens with one attached hydrogen (secondary N) is 1. The van der Waals surface area contributed by atoms with E-state index in [4.69, 9.17) is 10.7 Å². The van der Waals surface area contributed by atoms with Gasteiger partial charge in [-0.3, -0.25) is 0 Å². The lowest BCUT2D eigenvalue weighted by Crippen LogP contribution is -2.09. The van der Waals surface area contributed by atoms with Gasteiger partial charge in [0, 0.05) is 17.7 Å². The Morgan fingerprint density at radius 2 is 1.66 bits per heavy atom. The summed E-state index contributed by atoms with van der Waals surface area (Å²) in [7, 11) is 0. The summed E-state index contributed by atoms with van der Waals surface area (Å²) in [6.45, 7) is 13.0. The molecule has 3 aromatic carbocycles. The molecule has 168 valence electrons. The molecule has 32 heavy (non-hydrogen) atoms. The van der Waals surface area contributed by atoms with E-state index in [9.17, 15) is 5.11 Å². The second-order valence-electron chi connectivity index (χ2n) is 8.13. The van der Waals surface area contributed by atoms with Crippen molar-refractivity contribution in [2.75, 3.05) is 11.9 Å². The summed E-state index contributed by atoms with van der Waals surface area (Å²) < 4.78 is 0. The Bertz CT molecular complexity index is 1040. The Kier molecular flexibility index (Phi) is 9.58. The third kappa shape index (κ3) is 7.33. The highest BCUT2D eigenvalue weighted by Crippen LogP contribution is 2.32. The minimum absolute atomic E-state index is 0.294. The number of hydrogen-bond acceptors (Lipinski definition) is 4. The molecular weight excluding hydrogens is 396 g/mol. The Morgan fingerprint density at radius 1 is 1.00 bits per heavy atom. The fourth-order valence-corrected chi connectivity index (χ4v) is 3.23. The van der Waals surface area contributed by atoms with Crippen LogP contribution in [0.5, 0.6) is 11.5 Å². The largest absolute Gasteiger partial charge is 0.506 e. The van der Waals surface area contributed by atoms with Crippen LogP contribution in [-0.2, 0) is 0 Å². The summed E-state index contributed by atoms with van der Waals surface area (Å²) in [5, 5.41) is 13.3. The first-order valence-electron chi connectivity index (χ1n) is 10.7. The minimum atomic E-state index is 0.294. The molecule has 3 rings (SSSR count). The molecule has 3 aromatic rings. The molecule has 0 spiro atoms. The summed E-state index contributed by atoms with van der Waals surface area (Å²) in [6.07, 6.45) is 2.02. The quantitative estimate of drug-likeness (QED) is 0.213. The van der Waals surface area contributed by atoms with Gasteiger partial charge in [0.2, 0.25) is 0 Å². The molecule has 0 amide bonds. The van der Waals surface area contributed by atoms with Gasteiger partial charge in [0.1, 0.15) is 5.75 Å². The van der Waals surface area contributed by atoms with Gasteiger partial charge in [-0.1, -0.05) is 92.7 Å². The molecule has 0 saturated carbocycles. The van der Waals surface area contributed by atoms with Crippen molar-refractivity contribution in [1.82, 2.24) is 0 Å². The topological polar surface area (TPSA) is 67.5 Å². The average molecular weight is 431 g/mol. The first-order chi connectivity index (χ1) is 15.3. The van der Waals surface area contributed by atoms with E-state index < -0.39 is 0 Å². The van der Waals surface area contributed by atoms with Crippen LogP contribution in [0.1, 0.15) is 33.3 Å². The van der Waals surface area contributed by atoms with Crippen molar-refractivity contribution in [3.05, 3.63) is 96.6 Å². The zero-order valence-electron chi connectivity index (χ0n) is 19.4. The third-order valence-electron chi connectivity index (χ3n) is 4.72. The number of nitrogens with two attached hydrogens (primary N) is 1. The van der Waals surface area contributed by atoms with Gasteiger partial charge in [-0.15, -0.1) is 0 Å². The van der Waals surface area contributed by atoms with E-state index in [1.165, 1.54) is 0 Å². The maximum absolute atomic E-state index is 9.98. The van der Waals surface area contributed by atoms with Crippen molar-refractivity contribution in [3.8, 4) is 22.6 Å². The van der Waals surface area contributed by atoms with Gasteiger partial charge < -0.3 is 15.3 Å². The molecule has 0 aliphatic rings. The van der Waals surface area contributed by atoms with Crippen molar-refractivity contribution in [2.24, 2.45) is 11.8 Å². The maximum Gasteiger partial charge on any atom is 0.154 e. The van der Waals surface area contributed by atoms with Crippen LogP contribution >= 0.6 is 0 Å². The van der Waals surface area contributed by atoms with Crippen molar-refractivity contribution >= 4 is 11.3 Å². The summed E-state index contributed by atoms with van der Waals surface area (Å²) in [5.41, 5.74) is 6.05. The van der Waals surface area contributed by atoms with E-state index in [2.05, 4.69) is 25.7 Å².